The molecule has 2 saturated heterocycles. The Bertz CT molecular complexity index is 349. The second-order valence-electron chi connectivity index (χ2n) is 6.42. The molecule has 0 aromatic carbocycles. The fourth-order valence-corrected chi connectivity index (χ4v) is 3.91. The van der Waals surface area contributed by atoms with Gasteiger partial charge in [-0.2, -0.15) is 0 Å². The molecule has 1 atom stereocenters. The summed E-state index contributed by atoms with van der Waals surface area (Å²) in [5, 5.41) is 3.56. The Hall–Kier alpha value is -0.650. The maximum Gasteiger partial charge on any atom is 0.244 e. The van der Waals surface area contributed by atoms with E-state index in [1.165, 1.54) is 12.8 Å². The molecule has 5 heteroatoms. The van der Waals surface area contributed by atoms with Crippen molar-refractivity contribution < 1.29 is 9.53 Å². The second-order valence-corrected chi connectivity index (χ2v) is 6.42. The van der Waals surface area contributed by atoms with E-state index in [0.717, 1.165) is 58.7 Å². The van der Waals surface area contributed by atoms with Crippen LogP contribution in [0, 0.1) is 0 Å². The molecule has 3 rings (SSSR count). The molecule has 1 N–H and O–H groups in total. The largest absolute Gasteiger partial charge is 0.379 e. The van der Waals surface area contributed by atoms with E-state index in [1.54, 1.807) is 0 Å². The van der Waals surface area contributed by atoms with E-state index in [-0.39, 0.29) is 11.7 Å². The first kappa shape index (κ1) is 14.3. The number of hydrogen-bond donors (Lipinski definition) is 1. The number of amides is 1. The highest BCUT2D eigenvalue weighted by Gasteiger charge is 2.50. The van der Waals surface area contributed by atoms with Crippen molar-refractivity contribution in [1.82, 2.24) is 15.1 Å². The minimum absolute atomic E-state index is 0.199. The van der Waals surface area contributed by atoms with Crippen molar-refractivity contribution in [1.29, 1.82) is 0 Å². The fraction of sp³-hybridized carbons (Fsp3) is 0.933. The maximum atomic E-state index is 12.7. The first-order valence-electron chi connectivity index (χ1n) is 8.10. The van der Waals surface area contributed by atoms with Crippen LogP contribution in [0.15, 0.2) is 0 Å². The van der Waals surface area contributed by atoms with Gasteiger partial charge in [-0.15, -0.1) is 0 Å². The highest BCUT2D eigenvalue weighted by Crippen LogP contribution is 2.36. The molecule has 2 heterocycles. The zero-order valence-corrected chi connectivity index (χ0v) is 12.6. The lowest BCUT2D eigenvalue weighted by atomic mass is 9.98. The van der Waals surface area contributed by atoms with Crippen LogP contribution < -0.4 is 5.32 Å². The van der Waals surface area contributed by atoms with Crippen molar-refractivity contribution >= 4 is 5.91 Å². The summed E-state index contributed by atoms with van der Waals surface area (Å²) in [4.78, 5) is 17.2. The Labute approximate surface area is 121 Å². The van der Waals surface area contributed by atoms with Crippen LogP contribution in [0.4, 0.5) is 0 Å². The first-order chi connectivity index (χ1) is 9.71. The second kappa shape index (κ2) is 6.00. The van der Waals surface area contributed by atoms with Gasteiger partial charge < -0.3 is 9.64 Å². The molecular formula is C15H27N3O2. The number of rotatable bonds is 4. The smallest absolute Gasteiger partial charge is 0.244 e. The summed E-state index contributed by atoms with van der Waals surface area (Å²) in [7, 11) is 0. The van der Waals surface area contributed by atoms with Gasteiger partial charge in [0.25, 0.3) is 0 Å². The monoisotopic (exact) mass is 281 g/mol. The van der Waals surface area contributed by atoms with Gasteiger partial charge in [0.05, 0.1) is 24.9 Å². The van der Waals surface area contributed by atoms with Crippen LogP contribution in [0.1, 0.15) is 39.0 Å². The van der Waals surface area contributed by atoms with E-state index in [0.29, 0.717) is 5.91 Å². The minimum Gasteiger partial charge on any atom is -0.379 e. The Morgan fingerprint density at radius 1 is 1.25 bits per heavy atom. The molecule has 3 aliphatic rings. The third-order valence-electron chi connectivity index (χ3n) is 5.06. The van der Waals surface area contributed by atoms with E-state index in [4.69, 9.17) is 4.74 Å². The van der Waals surface area contributed by atoms with Crippen LogP contribution in [-0.4, -0.2) is 66.8 Å². The number of carbonyl (C=O) groups excluding carboxylic acids is 1. The Balaban J connectivity index is 1.48. The molecule has 1 aliphatic carbocycles. The molecule has 1 amide bonds. The fourth-order valence-electron chi connectivity index (χ4n) is 3.91. The zero-order valence-electron chi connectivity index (χ0n) is 12.6. The molecule has 0 aromatic heterocycles. The quantitative estimate of drug-likeness (QED) is 0.828. The van der Waals surface area contributed by atoms with Crippen LogP contribution in [0.5, 0.6) is 0 Å². The van der Waals surface area contributed by atoms with Crippen molar-refractivity contribution in [3.63, 3.8) is 0 Å². The van der Waals surface area contributed by atoms with Gasteiger partial charge in [0.2, 0.25) is 5.91 Å². The number of morpholine rings is 1. The molecule has 5 nitrogen and oxygen atoms in total. The average Bonchev–Trinajstić information content (AvgIpc) is 3.01. The van der Waals surface area contributed by atoms with Crippen molar-refractivity contribution in [2.45, 2.75) is 50.7 Å². The van der Waals surface area contributed by atoms with Crippen molar-refractivity contribution in [3.8, 4) is 0 Å². The molecular weight excluding hydrogens is 254 g/mol. The lowest BCUT2D eigenvalue weighted by Crippen LogP contribution is -2.44. The van der Waals surface area contributed by atoms with Crippen LogP contribution in [-0.2, 0) is 9.53 Å². The molecule has 114 valence electrons. The number of carbonyl (C=O) groups is 1. The van der Waals surface area contributed by atoms with Gasteiger partial charge in [0.1, 0.15) is 0 Å². The number of nitrogens with zero attached hydrogens (tertiary/aromatic N) is 2. The van der Waals surface area contributed by atoms with Gasteiger partial charge in [-0.1, -0.05) is 12.8 Å². The van der Waals surface area contributed by atoms with Gasteiger partial charge in [-0.25, -0.2) is 0 Å². The third-order valence-corrected chi connectivity index (χ3v) is 5.06. The van der Waals surface area contributed by atoms with E-state index in [2.05, 4.69) is 22.0 Å². The Morgan fingerprint density at radius 3 is 2.65 bits per heavy atom. The summed E-state index contributed by atoms with van der Waals surface area (Å²) in [6.45, 7) is 7.85. The Kier molecular flexibility index (Phi) is 4.29. The lowest BCUT2D eigenvalue weighted by molar-refractivity contribution is -0.133. The SMILES string of the molecule is CC1NC2(CCCC2)C(=O)N1CCCN1CCOCC1. The molecule has 0 aromatic rings. The van der Waals surface area contributed by atoms with Crippen molar-refractivity contribution in [3.05, 3.63) is 0 Å². The molecule has 2 aliphatic heterocycles. The molecule has 1 unspecified atom stereocenters. The summed E-state index contributed by atoms with van der Waals surface area (Å²) in [5.74, 6) is 0.351. The topological polar surface area (TPSA) is 44.8 Å². The summed E-state index contributed by atoms with van der Waals surface area (Å²) in [6.07, 6.45) is 5.69. The Morgan fingerprint density at radius 2 is 1.95 bits per heavy atom. The average molecular weight is 281 g/mol. The maximum absolute atomic E-state index is 12.7. The first-order valence-corrected chi connectivity index (χ1v) is 8.10. The number of nitrogens with one attached hydrogen (secondary N) is 1. The van der Waals surface area contributed by atoms with Gasteiger partial charge in [0, 0.05) is 26.2 Å². The summed E-state index contributed by atoms with van der Waals surface area (Å²) in [6, 6.07) is 0. The molecule has 3 fully saturated rings. The van der Waals surface area contributed by atoms with E-state index < -0.39 is 0 Å². The van der Waals surface area contributed by atoms with E-state index >= 15 is 0 Å². The number of hydrogen-bond acceptors (Lipinski definition) is 4. The van der Waals surface area contributed by atoms with E-state index in [1.807, 2.05) is 0 Å². The predicted octanol–water partition coefficient (Wildman–Crippen LogP) is 0.799. The third kappa shape index (κ3) is 2.71. The van der Waals surface area contributed by atoms with Gasteiger partial charge >= 0.3 is 0 Å². The van der Waals surface area contributed by atoms with Crippen LogP contribution in [0.3, 0.4) is 0 Å². The normalized spacial score (nSPS) is 30.6. The highest BCUT2D eigenvalue weighted by atomic mass is 16.5. The minimum atomic E-state index is -0.210. The van der Waals surface area contributed by atoms with Crippen molar-refractivity contribution in [2.24, 2.45) is 0 Å². The zero-order chi connectivity index (χ0) is 14.0. The summed E-state index contributed by atoms with van der Waals surface area (Å²) < 4.78 is 5.36. The molecule has 1 saturated carbocycles. The van der Waals surface area contributed by atoms with Crippen LogP contribution >= 0.6 is 0 Å². The highest BCUT2D eigenvalue weighted by molar-refractivity contribution is 5.89. The summed E-state index contributed by atoms with van der Waals surface area (Å²) in [5.41, 5.74) is -0.210. The molecule has 20 heavy (non-hydrogen) atoms. The van der Waals surface area contributed by atoms with Crippen LogP contribution in [0.2, 0.25) is 0 Å². The van der Waals surface area contributed by atoms with Gasteiger partial charge in [0.15, 0.2) is 0 Å². The lowest BCUT2D eigenvalue weighted by Gasteiger charge is -2.28. The molecule has 1 spiro atoms. The van der Waals surface area contributed by atoms with E-state index in [9.17, 15) is 4.79 Å². The van der Waals surface area contributed by atoms with Crippen LogP contribution in [0.25, 0.3) is 0 Å². The number of ether oxygens (including phenoxy) is 1. The van der Waals surface area contributed by atoms with Crippen molar-refractivity contribution in [2.75, 3.05) is 39.4 Å². The predicted molar refractivity (Wildman–Crippen MR) is 77.4 cm³/mol. The van der Waals surface area contributed by atoms with Gasteiger partial charge in [-0.3, -0.25) is 15.0 Å². The van der Waals surface area contributed by atoms with Gasteiger partial charge in [-0.05, 0) is 26.2 Å². The molecule has 0 radical (unpaired) electrons. The summed E-state index contributed by atoms with van der Waals surface area (Å²) >= 11 is 0. The standard InChI is InChI=1S/C15H27N3O2/c1-13-16-15(5-2-3-6-15)14(19)18(13)8-4-7-17-9-11-20-12-10-17/h13,16H,2-12H2,1H3. The molecule has 0 bridgehead atoms.